The SMILES string of the molecule is CCC(C(=O)OC(C)C)n1c(=O)oc2cccnc21. The van der Waals surface area contributed by atoms with E-state index >= 15 is 0 Å². The molecule has 0 radical (unpaired) electrons. The fourth-order valence-electron chi connectivity index (χ4n) is 1.91. The van der Waals surface area contributed by atoms with Crippen LogP contribution in [-0.2, 0) is 9.53 Å². The first-order valence-electron chi connectivity index (χ1n) is 6.21. The zero-order valence-electron chi connectivity index (χ0n) is 11.1. The molecule has 1 atom stereocenters. The first-order valence-corrected chi connectivity index (χ1v) is 6.21. The van der Waals surface area contributed by atoms with Crippen LogP contribution in [0.15, 0.2) is 27.5 Å². The first-order chi connectivity index (χ1) is 9.04. The summed E-state index contributed by atoms with van der Waals surface area (Å²) in [6.45, 7) is 5.33. The molecule has 0 aliphatic heterocycles. The molecule has 0 fully saturated rings. The topological polar surface area (TPSA) is 74.3 Å². The number of fused-ring (bicyclic) bond motifs is 1. The van der Waals surface area contributed by atoms with Gasteiger partial charge in [0.25, 0.3) is 0 Å². The van der Waals surface area contributed by atoms with E-state index in [0.29, 0.717) is 17.7 Å². The highest BCUT2D eigenvalue weighted by Crippen LogP contribution is 2.18. The Kier molecular flexibility index (Phi) is 3.69. The molecule has 1 unspecified atom stereocenters. The van der Waals surface area contributed by atoms with Gasteiger partial charge in [-0.05, 0) is 32.4 Å². The van der Waals surface area contributed by atoms with E-state index in [0.717, 1.165) is 0 Å². The summed E-state index contributed by atoms with van der Waals surface area (Å²) in [5, 5.41) is 0. The van der Waals surface area contributed by atoms with Gasteiger partial charge in [0.15, 0.2) is 11.2 Å². The number of carbonyl (C=O) groups is 1. The minimum Gasteiger partial charge on any atom is -0.461 e. The smallest absolute Gasteiger partial charge is 0.422 e. The number of aromatic nitrogens is 2. The molecule has 0 aliphatic carbocycles. The van der Waals surface area contributed by atoms with Crippen LogP contribution in [0.2, 0.25) is 0 Å². The van der Waals surface area contributed by atoms with E-state index < -0.39 is 17.8 Å². The molecule has 102 valence electrons. The fraction of sp³-hybridized carbons (Fsp3) is 0.462. The van der Waals surface area contributed by atoms with Crippen LogP contribution in [-0.4, -0.2) is 21.6 Å². The standard InChI is InChI=1S/C13H16N2O4/c1-4-9(12(16)18-8(2)3)15-11-10(19-13(15)17)6-5-7-14-11/h5-9H,4H2,1-3H3. The highest BCUT2D eigenvalue weighted by molar-refractivity contribution is 5.77. The third kappa shape index (κ3) is 2.52. The van der Waals surface area contributed by atoms with Gasteiger partial charge >= 0.3 is 11.7 Å². The first kappa shape index (κ1) is 13.3. The average Bonchev–Trinajstić information content (AvgIpc) is 2.66. The van der Waals surface area contributed by atoms with Crippen molar-refractivity contribution in [3.05, 3.63) is 28.9 Å². The van der Waals surface area contributed by atoms with Crippen LogP contribution in [0.25, 0.3) is 11.2 Å². The fourth-order valence-corrected chi connectivity index (χ4v) is 1.91. The normalized spacial score (nSPS) is 12.8. The second kappa shape index (κ2) is 5.26. The minimum absolute atomic E-state index is 0.233. The zero-order chi connectivity index (χ0) is 14.0. The number of hydrogen-bond acceptors (Lipinski definition) is 5. The van der Waals surface area contributed by atoms with Crippen molar-refractivity contribution < 1.29 is 13.9 Å². The number of oxazole rings is 1. The van der Waals surface area contributed by atoms with E-state index in [1.165, 1.54) is 4.57 Å². The van der Waals surface area contributed by atoms with Crippen LogP contribution in [0.4, 0.5) is 0 Å². The molecule has 0 saturated heterocycles. The van der Waals surface area contributed by atoms with Crippen LogP contribution in [0.1, 0.15) is 33.2 Å². The van der Waals surface area contributed by atoms with Gasteiger partial charge in [-0.1, -0.05) is 6.92 Å². The van der Waals surface area contributed by atoms with Crippen molar-refractivity contribution >= 4 is 17.2 Å². The largest absolute Gasteiger partial charge is 0.461 e. The Morgan fingerprint density at radius 2 is 2.26 bits per heavy atom. The van der Waals surface area contributed by atoms with Crippen molar-refractivity contribution in [2.24, 2.45) is 0 Å². The predicted octanol–water partition coefficient (Wildman–Crippen LogP) is 1.89. The monoisotopic (exact) mass is 264 g/mol. The molecular formula is C13H16N2O4. The lowest BCUT2D eigenvalue weighted by Gasteiger charge is -2.16. The van der Waals surface area contributed by atoms with Crippen LogP contribution >= 0.6 is 0 Å². The number of hydrogen-bond donors (Lipinski definition) is 0. The lowest BCUT2D eigenvalue weighted by atomic mass is 10.2. The van der Waals surface area contributed by atoms with Gasteiger partial charge in [-0.3, -0.25) is 0 Å². The molecule has 0 N–H and O–H groups in total. The van der Waals surface area contributed by atoms with Gasteiger partial charge in [0.1, 0.15) is 6.04 Å². The zero-order valence-corrected chi connectivity index (χ0v) is 11.1. The summed E-state index contributed by atoms with van der Waals surface area (Å²) in [5.74, 6) is -1.05. The number of carbonyl (C=O) groups excluding carboxylic acids is 1. The Hall–Kier alpha value is -2.11. The van der Waals surface area contributed by atoms with Crippen molar-refractivity contribution in [1.82, 2.24) is 9.55 Å². The Morgan fingerprint density at radius 3 is 2.89 bits per heavy atom. The molecule has 0 spiro atoms. The summed E-state index contributed by atoms with van der Waals surface area (Å²) >= 11 is 0. The van der Waals surface area contributed by atoms with E-state index in [1.807, 2.05) is 0 Å². The maximum atomic E-state index is 12.0. The predicted molar refractivity (Wildman–Crippen MR) is 68.8 cm³/mol. The van der Waals surface area contributed by atoms with Gasteiger partial charge in [0, 0.05) is 6.20 Å². The molecule has 2 rings (SSSR count). The summed E-state index contributed by atoms with van der Waals surface area (Å²) in [7, 11) is 0. The van der Waals surface area contributed by atoms with Crippen molar-refractivity contribution in [3.8, 4) is 0 Å². The second-order valence-corrected chi connectivity index (χ2v) is 4.47. The molecule has 0 bridgehead atoms. The Morgan fingerprint density at radius 1 is 1.53 bits per heavy atom. The molecule has 0 aliphatic rings. The van der Waals surface area contributed by atoms with Gasteiger partial charge in [-0.15, -0.1) is 0 Å². The molecule has 0 aromatic carbocycles. The van der Waals surface area contributed by atoms with E-state index in [9.17, 15) is 9.59 Å². The van der Waals surface area contributed by atoms with E-state index in [1.54, 1.807) is 39.1 Å². The summed E-state index contributed by atoms with van der Waals surface area (Å²) in [6, 6.07) is 2.59. The second-order valence-electron chi connectivity index (χ2n) is 4.47. The summed E-state index contributed by atoms with van der Waals surface area (Å²) in [5.41, 5.74) is 0.725. The van der Waals surface area contributed by atoms with Gasteiger partial charge in [0.05, 0.1) is 6.10 Å². The van der Waals surface area contributed by atoms with Gasteiger partial charge in [-0.25, -0.2) is 19.1 Å². The Balaban J connectivity index is 2.49. The highest BCUT2D eigenvalue weighted by atomic mass is 16.5. The lowest BCUT2D eigenvalue weighted by Crippen LogP contribution is -2.29. The Bertz CT molecular complexity index is 641. The van der Waals surface area contributed by atoms with Gasteiger partial charge in [-0.2, -0.15) is 0 Å². The number of esters is 1. The van der Waals surface area contributed by atoms with E-state index in [-0.39, 0.29) is 6.10 Å². The molecular weight excluding hydrogens is 248 g/mol. The molecule has 6 heteroatoms. The van der Waals surface area contributed by atoms with Crippen molar-refractivity contribution in [2.75, 3.05) is 0 Å². The molecule has 2 aromatic rings. The van der Waals surface area contributed by atoms with Gasteiger partial charge in [0.2, 0.25) is 0 Å². The molecule has 0 amide bonds. The third-order valence-electron chi connectivity index (χ3n) is 2.70. The molecule has 2 aromatic heterocycles. The quantitative estimate of drug-likeness (QED) is 0.788. The Labute approximate surface area is 110 Å². The molecule has 6 nitrogen and oxygen atoms in total. The molecule has 19 heavy (non-hydrogen) atoms. The third-order valence-corrected chi connectivity index (χ3v) is 2.70. The number of rotatable bonds is 4. The number of pyridine rings is 1. The van der Waals surface area contributed by atoms with Crippen LogP contribution in [0.5, 0.6) is 0 Å². The molecule has 2 heterocycles. The van der Waals surface area contributed by atoms with Crippen molar-refractivity contribution in [1.29, 1.82) is 0 Å². The summed E-state index contributed by atoms with van der Waals surface area (Å²) in [6.07, 6.45) is 1.74. The number of nitrogens with zero attached hydrogens (tertiary/aromatic N) is 2. The van der Waals surface area contributed by atoms with Crippen molar-refractivity contribution in [2.45, 2.75) is 39.3 Å². The lowest BCUT2D eigenvalue weighted by molar-refractivity contribution is -0.151. The highest BCUT2D eigenvalue weighted by Gasteiger charge is 2.26. The van der Waals surface area contributed by atoms with Gasteiger partial charge < -0.3 is 9.15 Å². The van der Waals surface area contributed by atoms with Crippen LogP contribution < -0.4 is 5.76 Å². The minimum atomic E-state index is -0.717. The average molecular weight is 264 g/mol. The maximum Gasteiger partial charge on any atom is 0.422 e. The summed E-state index contributed by atoms with van der Waals surface area (Å²) in [4.78, 5) is 28.0. The maximum absolute atomic E-state index is 12.0. The van der Waals surface area contributed by atoms with Crippen LogP contribution in [0, 0.1) is 0 Å². The van der Waals surface area contributed by atoms with Crippen molar-refractivity contribution in [3.63, 3.8) is 0 Å². The van der Waals surface area contributed by atoms with E-state index in [2.05, 4.69) is 4.98 Å². The van der Waals surface area contributed by atoms with Crippen LogP contribution in [0.3, 0.4) is 0 Å². The molecule has 0 saturated carbocycles. The van der Waals surface area contributed by atoms with E-state index in [4.69, 9.17) is 9.15 Å². The summed E-state index contributed by atoms with van der Waals surface area (Å²) < 4.78 is 11.5. The number of ether oxygens (including phenoxy) is 1.